The molecule has 0 aromatic carbocycles. The van der Waals surface area contributed by atoms with E-state index in [-0.39, 0.29) is 23.4 Å². The van der Waals surface area contributed by atoms with Crippen molar-refractivity contribution in [2.75, 3.05) is 0 Å². The molecule has 2 amide bonds. The van der Waals surface area contributed by atoms with Gasteiger partial charge in [0.1, 0.15) is 12.1 Å². The highest BCUT2D eigenvalue weighted by Crippen LogP contribution is 2.27. The molecule has 17 heavy (non-hydrogen) atoms. The van der Waals surface area contributed by atoms with E-state index in [0.29, 0.717) is 6.42 Å². The summed E-state index contributed by atoms with van der Waals surface area (Å²) in [6, 6.07) is -0.721. The van der Waals surface area contributed by atoms with E-state index in [9.17, 15) is 9.59 Å². The van der Waals surface area contributed by atoms with Gasteiger partial charge in [-0.2, -0.15) is 0 Å². The summed E-state index contributed by atoms with van der Waals surface area (Å²) in [6.45, 7) is 9.88. The van der Waals surface area contributed by atoms with Gasteiger partial charge in [-0.15, -0.1) is 0 Å². The molecule has 0 radical (unpaired) electrons. The lowest BCUT2D eigenvalue weighted by Gasteiger charge is -2.47. The van der Waals surface area contributed by atoms with Gasteiger partial charge in [-0.05, 0) is 33.6 Å². The quantitative estimate of drug-likeness (QED) is 0.813. The van der Waals surface area contributed by atoms with Crippen molar-refractivity contribution >= 4 is 11.8 Å². The van der Waals surface area contributed by atoms with Gasteiger partial charge in [0.15, 0.2) is 0 Å². The van der Waals surface area contributed by atoms with E-state index in [1.807, 2.05) is 20.8 Å². The van der Waals surface area contributed by atoms with E-state index in [2.05, 4.69) is 12.2 Å². The third-order valence-corrected chi connectivity index (χ3v) is 3.48. The fourth-order valence-corrected chi connectivity index (χ4v) is 2.67. The van der Waals surface area contributed by atoms with E-state index >= 15 is 0 Å². The van der Waals surface area contributed by atoms with Gasteiger partial charge >= 0.3 is 0 Å². The van der Waals surface area contributed by atoms with Gasteiger partial charge in [-0.25, -0.2) is 0 Å². The number of carbonyl (C=O) groups is 2. The van der Waals surface area contributed by atoms with Gasteiger partial charge in [-0.3, -0.25) is 9.59 Å². The van der Waals surface area contributed by atoms with Crippen LogP contribution in [0.2, 0.25) is 0 Å². The molecule has 0 aromatic rings. The zero-order valence-corrected chi connectivity index (χ0v) is 11.5. The van der Waals surface area contributed by atoms with Crippen LogP contribution in [0.15, 0.2) is 0 Å². The van der Waals surface area contributed by atoms with Crippen molar-refractivity contribution < 1.29 is 9.59 Å². The van der Waals surface area contributed by atoms with Crippen molar-refractivity contribution in [3.63, 3.8) is 0 Å². The van der Waals surface area contributed by atoms with Crippen LogP contribution in [-0.4, -0.2) is 34.3 Å². The highest BCUT2D eigenvalue weighted by Gasteiger charge is 2.44. The summed E-state index contributed by atoms with van der Waals surface area (Å²) in [5.74, 6) is 0.0127. The maximum Gasteiger partial charge on any atom is 0.245 e. The Morgan fingerprint density at radius 1 is 1.29 bits per heavy atom. The lowest BCUT2D eigenvalue weighted by molar-refractivity contribution is -0.155. The fourth-order valence-electron chi connectivity index (χ4n) is 2.67. The minimum Gasteiger partial charge on any atom is -0.343 e. The molecule has 1 saturated heterocycles. The molecule has 1 aliphatic rings. The molecule has 4 heteroatoms. The monoisotopic (exact) mass is 240 g/mol. The minimum absolute atomic E-state index is 0.0243. The Hall–Kier alpha value is -1.06. The Bertz CT molecular complexity index is 313. The first kappa shape index (κ1) is 14.0. The number of hydrogen-bond acceptors (Lipinski definition) is 2. The molecule has 1 fully saturated rings. The second-order valence-electron chi connectivity index (χ2n) is 5.42. The summed E-state index contributed by atoms with van der Waals surface area (Å²) < 4.78 is 0. The van der Waals surface area contributed by atoms with Crippen LogP contribution in [0.1, 0.15) is 53.9 Å². The highest BCUT2D eigenvalue weighted by molar-refractivity contribution is 5.97. The topological polar surface area (TPSA) is 49.4 Å². The normalized spacial score (nSPS) is 26.1. The largest absolute Gasteiger partial charge is 0.343 e. The van der Waals surface area contributed by atoms with Crippen molar-refractivity contribution in [2.24, 2.45) is 0 Å². The molecule has 1 heterocycles. The van der Waals surface area contributed by atoms with Gasteiger partial charge in [0.2, 0.25) is 11.8 Å². The van der Waals surface area contributed by atoms with Crippen LogP contribution in [0.25, 0.3) is 0 Å². The predicted octanol–water partition coefficient (Wildman–Crippen LogP) is 1.69. The van der Waals surface area contributed by atoms with Crippen LogP contribution in [0.5, 0.6) is 0 Å². The molecule has 0 bridgehead atoms. The molecular formula is C13H24N2O2. The zero-order valence-electron chi connectivity index (χ0n) is 11.5. The minimum atomic E-state index is -0.401. The summed E-state index contributed by atoms with van der Waals surface area (Å²) in [5.41, 5.74) is -0.251. The zero-order chi connectivity index (χ0) is 13.2. The Kier molecular flexibility index (Phi) is 4.17. The summed E-state index contributed by atoms with van der Waals surface area (Å²) in [6.07, 6.45) is 2.58. The molecule has 0 aliphatic carbocycles. The first-order chi connectivity index (χ1) is 7.85. The van der Waals surface area contributed by atoms with Crippen molar-refractivity contribution in [1.29, 1.82) is 0 Å². The van der Waals surface area contributed by atoms with Crippen molar-refractivity contribution in [3.8, 4) is 0 Å². The predicted molar refractivity (Wildman–Crippen MR) is 67.5 cm³/mol. The molecule has 2 atom stereocenters. The van der Waals surface area contributed by atoms with Crippen LogP contribution in [-0.2, 0) is 9.59 Å². The van der Waals surface area contributed by atoms with Crippen LogP contribution in [0, 0.1) is 0 Å². The van der Waals surface area contributed by atoms with Crippen LogP contribution in [0.4, 0.5) is 0 Å². The average molecular weight is 240 g/mol. The molecule has 1 aliphatic heterocycles. The second kappa shape index (κ2) is 5.07. The third kappa shape index (κ3) is 2.61. The standard InChI is InChI=1S/C13H24N2O2/c1-6-8-13(4,5)15-10(7-2)11(16)14-9(3)12(15)17/h9-10H,6-8H2,1-5H3,(H,14,16). The van der Waals surface area contributed by atoms with Crippen LogP contribution < -0.4 is 5.32 Å². The number of amides is 2. The molecule has 1 rings (SSSR count). The maximum atomic E-state index is 12.3. The fraction of sp³-hybridized carbons (Fsp3) is 0.846. The molecule has 2 unspecified atom stereocenters. The van der Waals surface area contributed by atoms with Crippen LogP contribution >= 0.6 is 0 Å². The Labute approximate surface area is 104 Å². The highest BCUT2D eigenvalue weighted by atomic mass is 16.2. The van der Waals surface area contributed by atoms with Gasteiger partial charge in [0, 0.05) is 5.54 Å². The summed E-state index contributed by atoms with van der Waals surface area (Å²) in [5, 5.41) is 2.74. The molecule has 4 nitrogen and oxygen atoms in total. The van der Waals surface area contributed by atoms with E-state index < -0.39 is 6.04 Å². The lowest BCUT2D eigenvalue weighted by atomic mass is 9.91. The Morgan fingerprint density at radius 2 is 1.88 bits per heavy atom. The van der Waals surface area contributed by atoms with Gasteiger partial charge in [0.05, 0.1) is 0 Å². The second-order valence-corrected chi connectivity index (χ2v) is 5.42. The molecule has 0 saturated carbocycles. The summed E-state index contributed by atoms with van der Waals surface area (Å²) >= 11 is 0. The van der Waals surface area contributed by atoms with Gasteiger partial charge < -0.3 is 10.2 Å². The number of hydrogen-bond donors (Lipinski definition) is 1. The average Bonchev–Trinajstić information content (AvgIpc) is 2.22. The summed E-state index contributed by atoms with van der Waals surface area (Å²) in [7, 11) is 0. The number of nitrogens with zero attached hydrogens (tertiary/aromatic N) is 1. The molecular weight excluding hydrogens is 216 g/mol. The van der Waals surface area contributed by atoms with E-state index in [1.165, 1.54) is 0 Å². The molecule has 0 aromatic heterocycles. The number of nitrogens with one attached hydrogen (secondary N) is 1. The first-order valence-electron chi connectivity index (χ1n) is 6.48. The van der Waals surface area contributed by atoms with E-state index in [0.717, 1.165) is 12.8 Å². The van der Waals surface area contributed by atoms with Gasteiger partial charge in [-0.1, -0.05) is 20.3 Å². The van der Waals surface area contributed by atoms with E-state index in [4.69, 9.17) is 0 Å². The van der Waals surface area contributed by atoms with Crippen molar-refractivity contribution in [2.45, 2.75) is 71.5 Å². The number of rotatable bonds is 4. The molecule has 0 spiro atoms. The first-order valence-corrected chi connectivity index (χ1v) is 6.48. The van der Waals surface area contributed by atoms with Gasteiger partial charge in [0.25, 0.3) is 0 Å². The number of piperazine rings is 1. The maximum absolute atomic E-state index is 12.3. The summed E-state index contributed by atoms with van der Waals surface area (Å²) in [4.78, 5) is 26.0. The van der Waals surface area contributed by atoms with E-state index in [1.54, 1.807) is 11.8 Å². The van der Waals surface area contributed by atoms with Crippen LogP contribution in [0.3, 0.4) is 0 Å². The Morgan fingerprint density at radius 3 is 2.35 bits per heavy atom. The van der Waals surface area contributed by atoms with Crippen molar-refractivity contribution in [1.82, 2.24) is 10.2 Å². The molecule has 98 valence electrons. The Balaban J connectivity index is 3.04. The third-order valence-electron chi connectivity index (χ3n) is 3.48. The smallest absolute Gasteiger partial charge is 0.245 e. The number of carbonyl (C=O) groups excluding carboxylic acids is 2. The lowest BCUT2D eigenvalue weighted by Crippen LogP contribution is -2.67. The SMILES string of the molecule is CCCC(C)(C)N1C(=O)C(C)NC(=O)C1CC. The molecule has 1 N–H and O–H groups in total. The van der Waals surface area contributed by atoms with Crippen molar-refractivity contribution in [3.05, 3.63) is 0 Å².